The number of hydrogen-bond donors (Lipinski definition) is 1. The number of imidazole rings is 1. The molecule has 0 saturated heterocycles. The number of nitrogens with zero attached hydrogens (tertiary/aromatic N) is 3. The van der Waals surface area contributed by atoms with Gasteiger partial charge in [0, 0.05) is 7.11 Å². The summed E-state index contributed by atoms with van der Waals surface area (Å²) >= 11 is 0. The average Bonchev–Trinajstić information content (AvgIpc) is 2.96. The van der Waals surface area contributed by atoms with Crippen LogP contribution in [0.4, 0.5) is 0 Å². The van der Waals surface area contributed by atoms with Crippen molar-refractivity contribution in [3.63, 3.8) is 0 Å². The molecule has 3 rings (SSSR count). The second kappa shape index (κ2) is 4.69. The SMILES string of the molecule is COCc1noc(Cn2c(=O)[nH]c3ccccc32)n1. The van der Waals surface area contributed by atoms with E-state index in [1.807, 2.05) is 24.3 Å². The minimum atomic E-state index is -0.201. The van der Waals surface area contributed by atoms with Crippen LogP contribution in [0.1, 0.15) is 11.7 Å². The van der Waals surface area contributed by atoms with Crippen molar-refractivity contribution in [1.29, 1.82) is 0 Å². The average molecular weight is 260 g/mol. The molecular weight excluding hydrogens is 248 g/mol. The van der Waals surface area contributed by atoms with Crippen molar-refractivity contribution >= 4 is 11.0 Å². The van der Waals surface area contributed by atoms with Crippen LogP contribution in [0.2, 0.25) is 0 Å². The first-order valence-corrected chi connectivity index (χ1v) is 5.76. The molecule has 98 valence electrons. The zero-order valence-corrected chi connectivity index (χ0v) is 10.3. The highest BCUT2D eigenvalue weighted by molar-refractivity contribution is 5.74. The van der Waals surface area contributed by atoms with Gasteiger partial charge >= 0.3 is 5.69 Å². The molecule has 0 saturated carbocycles. The number of para-hydroxylation sites is 2. The van der Waals surface area contributed by atoms with Crippen LogP contribution >= 0.6 is 0 Å². The van der Waals surface area contributed by atoms with Gasteiger partial charge in [0.15, 0.2) is 5.82 Å². The number of ether oxygens (including phenoxy) is 1. The summed E-state index contributed by atoms with van der Waals surface area (Å²) in [5.74, 6) is 0.837. The van der Waals surface area contributed by atoms with E-state index < -0.39 is 0 Å². The number of nitrogens with one attached hydrogen (secondary N) is 1. The molecule has 0 unspecified atom stereocenters. The molecule has 0 bridgehead atoms. The van der Waals surface area contributed by atoms with Crippen molar-refractivity contribution in [3.05, 3.63) is 46.5 Å². The highest BCUT2D eigenvalue weighted by atomic mass is 16.5. The topological polar surface area (TPSA) is 85.9 Å². The highest BCUT2D eigenvalue weighted by Gasteiger charge is 2.11. The quantitative estimate of drug-likeness (QED) is 0.753. The van der Waals surface area contributed by atoms with Crippen LogP contribution in [0.25, 0.3) is 11.0 Å². The van der Waals surface area contributed by atoms with Gasteiger partial charge < -0.3 is 14.2 Å². The van der Waals surface area contributed by atoms with Crippen molar-refractivity contribution < 1.29 is 9.26 Å². The molecule has 0 aliphatic carbocycles. The van der Waals surface area contributed by atoms with Crippen molar-refractivity contribution in [2.45, 2.75) is 13.2 Å². The number of benzene rings is 1. The molecular formula is C12H12N4O3. The molecule has 7 nitrogen and oxygen atoms in total. The third-order valence-corrected chi connectivity index (χ3v) is 2.76. The van der Waals surface area contributed by atoms with Crippen LogP contribution in [0.3, 0.4) is 0 Å². The minimum absolute atomic E-state index is 0.201. The van der Waals surface area contributed by atoms with E-state index in [2.05, 4.69) is 15.1 Å². The summed E-state index contributed by atoms with van der Waals surface area (Å²) in [6.45, 7) is 0.520. The predicted molar refractivity (Wildman–Crippen MR) is 66.7 cm³/mol. The molecule has 1 N–H and O–H groups in total. The van der Waals surface area contributed by atoms with Gasteiger partial charge in [0.25, 0.3) is 0 Å². The largest absolute Gasteiger partial charge is 0.377 e. The lowest BCUT2D eigenvalue weighted by molar-refractivity contribution is 0.174. The molecule has 2 heterocycles. The molecule has 3 aromatic rings. The number of H-pyrrole nitrogens is 1. The smallest absolute Gasteiger partial charge is 0.326 e. The zero-order valence-electron chi connectivity index (χ0n) is 10.3. The first kappa shape index (κ1) is 11.7. The summed E-state index contributed by atoms with van der Waals surface area (Å²) in [6.07, 6.45) is 0. The van der Waals surface area contributed by atoms with Gasteiger partial charge in [0.1, 0.15) is 13.2 Å². The number of aromatic nitrogens is 4. The van der Waals surface area contributed by atoms with Gasteiger partial charge in [-0.25, -0.2) is 4.79 Å². The summed E-state index contributed by atoms with van der Waals surface area (Å²) in [4.78, 5) is 18.8. The highest BCUT2D eigenvalue weighted by Crippen LogP contribution is 2.10. The molecule has 7 heteroatoms. The Morgan fingerprint density at radius 2 is 2.26 bits per heavy atom. The molecule has 0 atom stereocenters. The Hall–Kier alpha value is -2.41. The minimum Gasteiger partial charge on any atom is -0.377 e. The molecule has 1 aromatic carbocycles. The molecule has 0 aliphatic rings. The second-order valence-corrected chi connectivity index (χ2v) is 4.07. The van der Waals surface area contributed by atoms with Gasteiger partial charge in [-0.3, -0.25) is 4.57 Å². The number of aromatic amines is 1. The van der Waals surface area contributed by atoms with E-state index in [0.717, 1.165) is 11.0 Å². The lowest BCUT2D eigenvalue weighted by Gasteiger charge is -1.97. The summed E-state index contributed by atoms with van der Waals surface area (Å²) < 4.78 is 11.5. The van der Waals surface area contributed by atoms with E-state index in [9.17, 15) is 4.79 Å². The normalized spacial score (nSPS) is 11.2. The Morgan fingerprint density at radius 3 is 3.11 bits per heavy atom. The Labute approximate surface area is 107 Å². The van der Waals surface area contributed by atoms with Crippen LogP contribution in [-0.4, -0.2) is 26.8 Å². The van der Waals surface area contributed by atoms with Gasteiger partial charge in [-0.2, -0.15) is 4.98 Å². The van der Waals surface area contributed by atoms with E-state index in [1.54, 1.807) is 11.7 Å². The number of hydrogen-bond acceptors (Lipinski definition) is 5. The Balaban J connectivity index is 1.96. The van der Waals surface area contributed by atoms with Gasteiger partial charge in [-0.15, -0.1) is 0 Å². The summed E-state index contributed by atoms with van der Waals surface area (Å²) in [5, 5.41) is 3.76. The van der Waals surface area contributed by atoms with Crippen molar-refractivity contribution in [2.24, 2.45) is 0 Å². The van der Waals surface area contributed by atoms with Crippen LogP contribution in [0.15, 0.2) is 33.6 Å². The first-order chi connectivity index (χ1) is 9.28. The lowest BCUT2D eigenvalue weighted by Crippen LogP contribution is -2.17. The monoisotopic (exact) mass is 260 g/mol. The maximum absolute atomic E-state index is 11.9. The van der Waals surface area contributed by atoms with Crippen molar-refractivity contribution in [3.8, 4) is 0 Å². The van der Waals surface area contributed by atoms with E-state index in [4.69, 9.17) is 9.26 Å². The van der Waals surface area contributed by atoms with E-state index in [1.165, 1.54) is 0 Å². The standard InChI is InChI=1S/C12H12N4O3/c1-18-7-10-14-11(19-15-10)6-16-9-5-3-2-4-8(9)13-12(16)17/h2-5H,6-7H2,1H3,(H,13,17). The third-order valence-electron chi connectivity index (χ3n) is 2.76. The maximum atomic E-state index is 11.9. The van der Waals surface area contributed by atoms with Crippen molar-refractivity contribution in [1.82, 2.24) is 19.7 Å². The summed E-state index contributed by atoms with van der Waals surface area (Å²) in [6, 6.07) is 7.44. The number of methoxy groups -OCH3 is 1. The molecule has 2 aromatic heterocycles. The Morgan fingerprint density at radius 1 is 1.42 bits per heavy atom. The second-order valence-electron chi connectivity index (χ2n) is 4.07. The van der Waals surface area contributed by atoms with Crippen molar-refractivity contribution in [2.75, 3.05) is 7.11 Å². The Kier molecular flexibility index (Phi) is 2.88. The molecule has 0 radical (unpaired) electrons. The van der Waals surface area contributed by atoms with Crippen LogP contribution < -0.4 is 5.69 Å². The van der Waals surface area contributed by atoms with E-state index in [-0.39, 0.29) is 18.8 Å². The molecule has 19 heavy (non-hydrogen) atoms. The van der Waals surface area contributed by atoms with Gasteiger partial charge in [0.2, 0.25) is 5.89 Å². The van der Waals surface area contributed by atoms with Crippen LogP contribution in [0, 0.1) is 0 Å². The fourth-order valence-electron chi connectivity index (χ4n) is 1.94. The Bertz CT molecular complexity index is 756. The van der Waals surface area contributed by atoms with Crippen LogP contribution in [0.5, 0.6) is 0 Å². The molecule has 0 amide bonds. The molecule has 0 aliphatic heterocycles. The molecule has 0 spiro atoms. The third kappa shape index (κ3) is 2.15. The number of fused-ring (bicyclic) bond motifs is 1. The first-order valence-electron chi connectivity index (χ1n) is 5.76. The fourth-order valence-corrected chi connectivity index (χ4v) is 1.94. The van der Waals surface area contributed by atoms with E-state index >= 15 is 0 Å². The number of rotatable bonds is 4. The van der Waals surface area contributed by atoms with Gasteiger partial charge in [-0.1, -0.05) is 17.3 Å². The van der Waals surface area contributed by atoms with E-state index in [0.29, 0.717) is 11.7 Å². The zero-order chi connectivity index (χ0) is 13.2. The fraction of sp³-hybridized carbons (Fsp3) is 0.250. The van der Waals surface area contributed by atoms with Crippen LogP contribution in [-0.2, 0) is 17.9 Å². The van der Waals surface area contributed by atoms with Gasteiger partial charge in [0.05, 0.1) is 11.0 Å². The molecule has 0 fully saturated rings. The van der Waals surface area contributed by atoms with Gasteiger partial charge in [-0.05, 0) is 12.1 Å². The summed E-state index contributed by atoms with van der Waals surface area (Å²) in [5.41, 5.74) is 1.39. The lowest BCUT2D eigenvalue weighted by atomic mass is 10.3. The maximum Gasteiger partial charge on any atom is 0.326 e. The summed E-state index contributed by atoms with van der Waals surface area (Å²) in [7, 11) is 1.56. The predicted octanol–water partition coefficient (Wildman–Crippen LogP) is 0.907.